The van der Waals surface area contributed by atoms with Crippen LogP contribution in [-0.4, -0.2) is 5.91 Å². The number of nitrogens with one attached hydrogen (secondary N) is 1. The SMILES string of the molecule is Nc1ccc(Br)c(NC(=O)c2cccc(I)c2)c1. The van der Waals surface area contributed by atoms with E-state index < -0.39 is 0 Å². The maximum Gasteiger partial charge on any atom is 0.255 e. The van der Waals surface area contributed by atoms with Gasteiger partial charge in [0.2, 0.25) is 0 Å². The van der Waals surface area contributed by atoms with Crippen LogP contribution in [0, 0.1) is 3.57 Å². The summed E-state index contributed by atoms with van der Waals surface area (Å²) in [7, 11) is 0. The molecule has 0 spiro atoms. The Morgan fingerprint density at radius 3 is 2.72 bits per heavy atom. The van der Waals surface area contributed by atoms with Crippen molar-refractivity contribution in [2.45, 2.75) is 0 Å². The highest BCUT2D eigenvalue weighted by molar-refractivity contribution is 14.1. The quantitative estimate of drug-likeness (QED) is 0.576. The molecular weight excluding hydrogens is 407 g/mol. The van der Waals surface area contributed by atoms with Crippen LogP contribution in [0.1, 0.15) is 10.4 Å². The second-order valence-electron chi connectivity index (χ2n) is 3.70. The third-order valence-corrected chi connectivity index (χ3v) is 3.69. The van der Waals surface area contributed by atoms with E-state index in [1.54, 1.807) is 24.3 Å². The molecule has 1 amide bonds. The lowest BCUT2D eigenvalue weighted by molar-refractivity contribution is 0.102. The van der Waals surface area contributed by atoms with Crippen LogP contribution >= 0.6 is 38.5 Å². The van der Waals surface area contributed by atoms with E-state index >= 15 is 0 Å². The van der Waals surface area contributed by atoms with E-state index in [-0.39, 0.29) is 5.91 Å². The number of amides is 1. The fraction of sp³-hybridized carbons (Fsp3) is 0. The Bertz CT molecular complexity index is 601. The maximum atomic E-state index is 12.1. The van der Waals surface area contributed by atoms with Gasteiger partial charge in [0.25, 0.3) is 5.91 Å². The topological polar surface area (TPSA) is 55.1 Å². The predicted molar refractivity (Wildman–Crippen MR) is 85.7 cm³/mol. The highest BCUT2D eigenvalue weighted by Crippen LogP contribution is 2.25. The molecular formula is C13H10BrIN2O. The fourth-order valence-electron chi connectivity index (χ4n) is 1.46. The normalized spacial score (nSPS) is 10.1. The van der Waals surface area contributed by atoms with E-state index in [1.807, 2.05) is 18.2 Å². The Labute approximate surface area is 127 Å². The molecule has 3 N–H and O–H groups in total. The van der Waals surface area contributed by atoms with Gasteiger partial charge in [-0.15, -0.1) is 0 Å². The van der Waals surface area contributed by atoms with Crippen LogP contribution in [0.15, 0.2) is 46.9 Å². The zero-order chi connectivity index (χ0) is 13.1. The third-order valence-electron chi connectivity index (χ3n) is 2.33. The Hall–Kier alpha value is -1.08. The van der Waals surface area contributed by atoms with Crippen molar-refractivity contribution >= 4 is 55.8 Å². The van der Waals surface area contributed by atoms with E-state index in [9.17, 15) is 4.79 Å². The van der Waals surface area contributed by atoms with E-state index in [1.165, 1.54) is 0 Å². The Morgan fingerprint density at radius 1 is 1.22 bits per heavy atom. The molecule has 0 fully saturated rings. The number of rotatable bonds is 2. The molecule has 0 aliphatic rings. The molecule has 0 aliphatic carbocycles. The largest absolute Gasteiger partial charge is 0.399 e. The van der Waals surface area contributed by atoms with Crippen molar-refractivity contribution in [2.24, 2.45) is 0 Å². The number of nitrogens with two attached hydrogens (primary N) is 1. The number of benzene rings is 2. The molecule has 2 aromatic carbocycles. The van der Waals surface area contributed by atoms with E-state index in [2.05, 4.69) is 43.8 Å². The van der Waals surface area contributed by atoms with E-state index in [0.717, 1.165) is 8.04 Å². The molecule has 5 heteroatoms. The van der Waals surface area contributed by atoms with Gasteiger partial charge in [0.1, 0.15) is 0 Å². The number of anilines is 2. The summed E-state index contributed by atoms with van der Waals surface area (Å²) in [5.41, 5.74) is 7.59. The number of hydrogen-bond acceptors (Lipinski definition) is 2. The summed E-state index contributed by atoms with van der Waals surface area (Å²) in [6.45, 7) is 0. The lowest BCUT2D eigenvalue weighted by Gasteiger charge is -2.08. The molecule has 0 saturated carbocycles. The van der Waals surface area contributed by atoms with Gasteiger partial charge in [0.05, 0.1) is 5.69 Å². The molecule has 2 aromatic rings. The number of nitrogen functional groups attached to an aromatic ring is 1. The van der Waals surface area contributed by atoms with Crippen LogP contribution < -0.4 is 11.1 Å². The smallest absolute Gasteiger partial charge is 0.255 e. The minimum Gasteiger partial charge on any atom is -0.399 e. The fourth-order valence-corrected chi connectivity index (χ4v) is 2.35. The van der Waals surface area contributed by atoms with Crippen molar-refractivity contribution < 1.29 is 4.79 Å². The first kappa shape index (κ1) is 13.4. The zero-order valence-electron chi connectivity index (χ0n) is 9.28. The van der Waals surface area contributed by atoms with Crippen molar-refractivity contribution in [3.05, 3.63) is 56.1 Å². The minimum atomic E-state index is -0.153. The predicted octanol–water partition coefficient (Wildman–Crippen LogP) is 3.89. The summed E-state index contributed by atoms with van der Waals surface area (Å²) in [4.78, 5) is 12.1. The summed E-state index contributed by atoms with van der Waals surface area (Å²) in [5, 5.41) is 2.83. The van der Waals surface area contributed by atoms with Crippen LogP contribution in [0.3, 0.4) is 0 Å². The number of halogens is 2. The van der Waals surface area contributed by atoms with Gasteiger partial charge in [0.15, 0.2) is 0 Å². The Kier molecular flexibility index (Phi) is 4.23. The Morgan fingerprint density at radius 2 is 2.00 bits per heavy atom. The first-order chi connectivity index (χ1) is 8.56. The standard InChI is InChI=1S/C13H10BrIN2O/c14-11-5-4-10(16)7-12(11)17-13(18)8-2-1-3-9(15)6-8/h1-7H,16H2,(H,17,18). The third kappa shape index (κ3) is 3.23. The summed E-state index contributed by atoms with van der Waals surface area (Å²) in [5.74, 6) is -0.153. The van der Waals surface area contributed by atoms with Gasteiger partial charge in [-0.3, -0.25) is 4.79 Å². The van der Waals surface area contributed by atoms with Crippen molar-refractivity contribution in [3.8, 4) is 0 Å². The van der Waals surface area contributed by atoms with Crippen molar-refractivity contribution in [2.75, 3.05) is 11.1 Å². The molecule has 0 atom stereocenters. The summed E-state index contributed by atoms with van der Waals surface area (Å²) in [6.07, 6.45) is 0. The minimum absolute atomic E-state index is 0.153. The van der Waals surface area contributed by atoms with Gasteiger partial charge in [0, 0.05) is 19.3 Å². The number of carbonyl (C=O) groups excluding carboxylic acids is 1. The highest BCUT2D eigenvalue weighted by Gasteiger charge is 2.08. The second kappa shape index (κ2) is 5.71. The maximum absolute atomic E-state index is 12.1. The molecule has 92 valence electrons. The van der Waals surface area contributed by atoms with Gasteiger partial charge in [-0.25, -0.2) is 0 Å². The molecule has 2 rings (SSSR count). The van der Waals surface area contributed by atoms with Gasteiger partial charge in [-0.2, -0.15) is 0 Å². The van der Waals surface area contributed by atoms with Crippen LogP contribution in [0.5, 0.6) is 0 Å². The zero-order valence-corrected chi connectivity index (χ0v) is 13.0. The average molecular weight is 417 g/mol. The molecule has 0 aliphatic heterocycles. The van der Waals surface area contributed by atoms with Crippen LogP contribution in [0.4, 0.5) is 11.4 Å². The number of carbonyl (C=O) groups is 1. The summed E-state index contributed by atoms with van der Waals surface area (Å²) >= 11 is 5.55. The summed E-state index contributed by atoms with van der Waals surface area (Å²) in [6, 6.07) is 12.7. The first-order valence-corrected chi connectivity index (χ1v) is 7.05. The molecule has 0 radical (unpaired) electrons. The van der Waals surface area contributed by atoms with Gasteiger partial charge < -0.3 is 11.1 Å². The molecule has 0 aromatic heterocycles. The van der Waals surface area contributed by atoms with Crippen LogP contribution in [0.25, 0.3) is 0 Å². The van der Waals surface area contributed by atoms with E-state index in [4.69, 9.17) is 5.73 Å². The second-order valence-corrected chi connectivity index (χ2v) is 5.80. The molecule has 0 unspecified atom stereocenters. The van der Waals surface area contributed by atoms with Gasteiger partial charge in [-0.05, 0) is 74.9 Å². The average Bonchev–Trinajstić information content (AvgIpc) is 2.34. The molecule has 18 heavy (non-hydrogen) atoms. The molecule has 3 nitrogen and oxygen atoms in total. The highest BCUT2D eigenvalue weighted by atomic mass is 127. The molecule has 0 heterocycles. The van der Waals surface area contributed by atoms with Crippen LogP contribution in [-0.2, 0) is 0 Å². The van der Waals surface area contributed by atoms with Crippen molar-refractivity contribution in [1.29, 1.82) is 0 Å². The first-order valence-electron chi connectivity index (χ1n) is 5.18. The lowest BCUT2D eigenvalue weighted by Crippen LogP contribution is -2.12. The van der Waals surface area contributed by atoms with Gasteiger partial charge in [-0.1, -0.05) is 6.07 Å². The lowest BCUT2D eigenvalue weighted by atomic mass is 10.2. The van der Waals surface area contributed by atoms with Crippen molar-refractivity contribution in [3.63, 3.8) is 0 Å². The Balaban J connectivity index is 2.24. The molecule has 0 bridgehead atoms. The van der Waals surface area contributed by atoms with Crippen molar-refractivity contribution in [1.82, 2.24) is 0 Å². The molecule has 0 saturated heterocycles. The van der Waals surface area contributed by atoms with Crippen LogP contribution in [0.2, 0.25) is 0 Å². The van der Waals surface area contributed by atoms with Gasteiger partial charge >= 0.3 is 0 Å². The number of hydrogen-bond donors (Lipinski definition) is 2. The monoisotopic (exact) mass is 416 g/mol. The van der Waals surface area contributed by atoms with E-state index in [0.29, 0.717) is 16.9 Å². The summed E-state index contributed by atoms with van der Waals surface area (Å²) < 4.78 is 1.82.